The third-order valence-corrected chi connectivity index (χ3v) is 4.63. The van der Waals surface area contributed by atoms with Crippen molar-refractivity contribution in [3.8, 4) is 0 Å². The minimum absolute atomic E-state index is 0.603. The molecule has 28 heavy (non-hydrogen) atoms. The van der Waals surface area contributed by atoms with E-state index in [0.717, 1.165) is 35.4 Å². The normalized spacial score (nSPS) is 10.8. The predicted octanol–water partition coefficient (Wildman–Crippen LogP) is 5.64. The Labute approximate surface area is 165 Å². The number of nitrogens with one attached hydrogen (secondary N) is 2. The van der Waals surface area contributed by atoms with E-state index in [1.54, 1.807) is 0 Å². The van der Waals surface area contributed by atoms with E-state index in [0.29, 0.717) is 5.95 Å². The van der Waals surface area contributed by atoms with E-state index in [9.17, 15) is 0 Å². The Bertz CT molecular complexity index is 1070. The summed E-state index contributed by atoms with van der Waals surface area (Å²) in [5.41, 5.74) is 5.66. The van der Waals surface area contributed by atoms with Crippen molar-refractivity contribution in [2.24, 2.45) is 0 Å². The zero-order valence-electron chi connectivity index (χ0n) is 16.2. The summed E-state index contributed by atoms with van der Waals surface area (Å²) in [5, 5.41) is 7.89. The molecular weight excluding hydrogens is 344 g/mol. The van der Waals surface area contributed by atoms with Crippen LogP contribution < -0.4 is 10.6 Å². The lowest BCUT2D eigenvalue weighted by atomic mass is 10.1. The summed E-state index contributed by atoms with van der Waals surface area (Å²) in [6, 6.07) is 24.9. The second-order valence-corrected chi connectivity index (χ2v) is 7.08. The average Bonchev–Trinajstić information content (AvgIpc) is 2.68. The summed E-state index contributed by atoms with van der Waals surface area (Å²) >= 11 is 0. The SMILES string of the molecule is Cc1cc(C)cc(Nc2nc(NCCc3ccccc3)c3ccccc3n2)c1. The van der Waals surface area contributed by atoms with Gasteiger partial charge in [-0.25, -0.2) is 4.98 Å². The minimum atomic E-state index is 0.603. The number of anilines is 3. The zero-order chi connectivity index (χ0) is 19.3. The molecule has 4 heteroatoms. The van der Waals surface area contributed by atoms with E-state index in [1.165, 1.54) is 16.7 Å². The Morgan fingerprint density at radius 1 is 0.786 bits per heavy atom. The number of aryl methyl sites for hydroxylation is 2. The molecule has 0 saturated carbocycles. The van der Waals surface area contributed by atoms with Crippen molar-refractivity contribution in [3.05, 3.63) is 89.5 Å². The molecule has 140 valence electrons. The maximum atomic E-state index is 4.75. The molecule has 0 spiro atoms. The first-order chi connectivity index (χ1) is 13.7. The first-order valence-corrected chi connectivity index (χ1v) is 9.57. The van der Waals surface area contributed by atoms with Gasteiger partial charge in [0.15, 0.2) is 0 Å². The molecule has 1 aromatic heterocycles. The lowest BCUT2D eigenvalue weighted by Crippen LogP contribution is -2.09. The molecule has 0 aliphatic carbocycles. The molecule has 0 amide bonds. The molecule has 0 saturated heterocycles. The van der Waals surface area contributed by atoms with Gasteiger partial charge in [0.2, 0.25) is 5.95 Å². The Hall–Kier alpha value is -3.40. The first-order valence-electron chi connectivity index (χ1n) is 9.57. The fourth-order valence-electron chi connectivity index (χ4n) is 3.41. The summed E-state index contributed by atoms with van der Waals surface area (Å²) in [5.74, 6) is 1.46. The van der Waals surface area contributed by atoms with Crippen LogP contribution in [-0.2, 0) is 6.42 Å². The second kappa shape index (κ2) is 8.09. The van der Waals surface area contributed by atoms with Gasteiger partial charge >= 0.3 is 0 Å². The van der Waals surface area contributed by atoms with Crippen molar-refractivity contribution in [2.45, 2.75) is 20.3 Å². The largest absolute Gasteiger partial charge is 0.369 e. The van der Waals surface area contributed by atoms with Crippen molar-refractivity contribution in [1.82, 2.24) is 9.97 Å². The highest BCUT2D eigenvalue weighted by Crippen LogP contribution is 2.24. The molecule has 4 aromatic rings. The summed E-state index contributed by atoms with van der Waals surface area (Å²) in [7, 11) is 0. The van der Waals surface area contributed by atoms with E-state index < -0.39 is 0 Å². The number of hydrogen-bond donors (Lipinski definition) is 2. The molecule has 0 bridgehead atoms. The van der Waals surface area contributed by atoms with Crippen LogP contribution in [0.2, 0.25) is 0 Å². The second-order valence-electron chi connectivity index (χ2n) is 7.08. The number of nitrogens with zero attached hydrogens (tertiary/aromatic N) is 2. The molecule has 1 heterocycles. The van der Waals surface area contributed by atoms with Crippen LogP contribution in [0.4, 0.5) is 17.5 Å². The molecule has 0 atom stereocenters. The maximum Gasteiger partial charge on any atom is 0.229 e. The number of benzene rings is 3. The van der Waals surface area contributed by atoms with Gasteiger partial charge in [-0.05, 0) is 61.2 Å². The average molecular weight is 368 g/mol. The van der Waals surface area contributed by atoms with Crippen molar-refractivity contribution in [3.63, 3.8) is 0 Å². The Morgan fingerprint density at radius 3 is 2.29 bits per heavy atom. The smallest absolute Gasteiger partial charge is 0.229 e. The topological polar surface area (TPSA) is 49.8 Å². The van der Waals surface area contributed by atoms with Crippen molar-refractivity contribution in [1.29, 1.82) is 0 Å². The van der Waals surface area contributed by atoms with Gasteiger partial charge in [-0.15, -0.1) is 0 Å². The molecule has 0 aliphatic rings. The zero-order valence-corrected chi connectivity index (χ0v) is 16.2. The van der Waals surface area contributed by atoms with Crippen LogP contribution in [0.3, 0.4) is 0 Å². The lowest BCUT2D eigenvalue weighted by Gasteiger charge is -2.12. The minimum Gasteiger partial charge on any atom is -0.369 e. The molecule has 0 radical (unpaired) electrons. The van der Waals surface area contributed by atoms with Gasteiger partial charge in [0.1, 0.15) is 5.82 Å². The lowest BCUT2D eigenvalue weighted by molar-refractivity contribution is 1.01. The van der Waals surface area contributed by atoms with Crippen molar-refractivity contribution in [2.75, 3.05) is 17.2 Å². The highest BCUT2D eigenvalue weighted by atomic mass is 15.1. The Morgan fingerprint density at radius 2 is 1.50 bits per heavy atom. The van der Waals surface area contributed by atoms with Crippen LogP contribution in [0.5, 0.6) is 0 Å². The van der Waals surface area contributed by atoms with Gasteiger partial charge in [0, 0.05) is 17.6 Å². The molecule has 0 aliphatic heterocycles. The molecule has 0 unspecified atom stereocenters. The monoisotopic (exact) mass is 368 g/mol. The van der Waals surface area contributed by atoms with E-state index in [4.69, 9.17) is 9.97 Å². The number of hydrogen-bond acceptors (Lipinski definition) is 4. The van der Waals surface area contributed by atoms with Crippen LogP contribution in [0.15, 0.2) is 72.8 Å². The molecule has 0 fully saturated rings. The van der Waals surface area contributed by atoms with E-state index in [1.807, 2.05) is 24.3 Å². The van der Waals surface area contributed by atoms with Crippen molar-refractivity contribution < 1.29 is 0 Å². The van der Waals surface area contributed by atoms with Gasteiger partial charge in [0.05, 0.1) is 5.52 Å². The van der Waals surface area contributed by atoms with E-state index in [2.05, 4.69) is 73.0 Å². The molecule has 4 rings (SSSR count). The number of rotatable bonds is 6. The highest BCUT2D eigenvalue weighted by molar-refractivity contribution is 5.90. The van der Waals surface area contributed by atoms with Crippen LogP contribution in [0, 0.1) is 13.8 Å². The van der Waals surface area contributed by atoms with Gasteiger partial charge < -0.3 is 10.6 Å². The summed E-state index contributed by atoms with van der Waals surface area (Å²) < 4.78 is 0. The summed E-state index contributed by atoms with van der Waals surface area (Å²) in [4.78, 5) is 9.45. The van der Waals surface area contributed by atoms with Crippen LogP contribution in [0.1, 0.15) is 16.7 Å². The Kier molecular flexibility index (Phi) is 5.20. The number of fused-ring (bicyclic) bond motifs is 1. The summed E-state index contributed by atoms with van der Waals surface area (Å²) in [6.45, 7) is 5.00. The maximum absolute atomic E-state index is 4.75. The molecule has 2 N–H and O–H groups in total. The standard InChI is InChI=1S/C24H24N4/c1-17-14-18(2)16-20(15-17)26-24-27-22-11-7-6-10-21(22)23(28-24)25-13-12-19-8-4-3-5-9-19/h3-11,14-16H,12-13H2,1-2H3,(H2,25,26,27,28). The van der Waals surface area contributed by atoms with Crippen molar-refractivity contribution >= 4 is 28.4 Å². The number of para-hydroxylation sites is 1. The third kappa shape index (κ3) is 4.29. The predicted molar refractivity (Wildman–Crippen MR) is 117 cm³/mol. The van der Waals surface area contributed by atoms with Crippen LogP contribution in [-0.4, -0.2) is 16.5 Å². The summed E-state index contributed by atoms with van der Waals surface area (Å²) in [6.07, 6.45) is 0.943. The van der Waals surface area contributed by atoms with Gasteiger partial charge in [-0.1, -0.05) is 48.5 Å². The number of aromatic nitrogens is 2. The van der Waals surface area contributed by atoms with E-state index in [-0.39, 0.29) is 0 Å². The quantitative estimate of drug-likeness (QED) is 0.462. The third-order valence-electron chi connectivity index (χ3n) is 4.63. The molecular formula is C24H24N4. The molecule has 4 nitrogen and oxygen atoms in total. The van der Waals surface area contributed by atoms with Gasteiger partial charge in [0.25, 0.3) is 0 Å². The van der Waals surface area contributed by atoms with Gasteiger partial charge in [-0.2, -0.15) is 4.98 Å². The van der Waals surface area contributed by atoms with Gasteiger partial charge in [-0.3, -0.25) is 0 Å². The highest BCUT2D eigenvalue weighted by Gasteiger charge is 2.08. The Balaban J connectivity index is 1.59. The molecule has 3 aromatic carbocycles. The van der Waals surface area contributed by atoms with Crippen LogP contribution >= 0.6 is 0 Å². The fourth-order valence-corrected chi connectivity index (χ4v) is 3.41. The fraction of sp³-hybridized carbons (Fsp3) is 0.167. The first kappa shape index (κ1) is 18.0. The van der Waals surface area contributed by atoms with Crippen LogP contribution in [0.25, 0.3) is 10.9 Å². The van der Waals surface area contributed by atoms with E-state index >= 15 is 0 Å².